The number of anilines is 1. The summed E-state index contributed by atoms with van der Waals surface area (Å²) in [5, 5.41) is 8.97. The van der Waals surface area contributed by atoms with Crippen LogP contribution in [0.5, 0.6) is 11.5 Å². The fourth-order valence-corrected chi connectivity index (χ4v) is 3.65. The molecule has 0 atom stereocenters. The van der Waals surface area contributed by atoms with Crippen LogP contribution in [-0.2, 0) is 4.74 Å². The van der Waals surface area contributed by atoms with Gasteiger partial charge in [-0.2, -0.15) is 0 Å². The van der Waals surface area contributed by atoms with Crippen LogP contribution in [0.3, 0.4) is 0 Å². The third-order valence-electron chi connectivity index (χ3n) is 5.49. The molecule has 0 spiro atoms. The molecule has 1 aromatic heterocycles. The minimum absolute atomic E-state index is 0.287. The molecule has 1 aliphatic heterocycles. The Morgan fingerprint density at radius 2 is 1.36 bits per heavy atom. The number of carbonyl (C=O) groups excluding carboxylic acids is 1. The lowest BCUT2D eigenvalue weighted by Gasteiger charge is -2.33. The highest BCUT2D eigenvalue weighted by molar-refractivity contribution is 5.78. The van der Waals surface area contributed by atoms with Gasteiger partial charge in [0.25, 0.3) is 0 Å². The number of carbonyl (C=O) groups is 1. The van der Waals surface area contributed by atoms with Crippen molar-refractivity contribution in [3.63, 3.8) is 0 Å². The Bertz CT molecular complexity index is 1080. The molecule has 0 aliphatic carbocycles. The second kappa shape index (κ2) is 10.2. The lowest BCUT2D eigenvalue weighted by atomic mass is 10.0. The van der Waals surface area contributed by atoms with E-state index >= 15 is 0 Å². The lowest BCUT2D eigenvalue weighted by molar-refractivity contribution is 0.105. The SMILES string of the molecule is CCOC(=O)N1CCN(c2nnc(-c3ccc(OC)cc3)c(-c3ccc(OC)cc3)n2)CC1. The minimum atomic E-state index is -0.287. The highest BCUT2D eigenvalue weighted by atomic mass is 16.6. The van der Waals surface area contributed by atoms with E-state index in [4.69, 9.17) is 19.2 Å². The fraction of sp³-hybridized carbons (Fsp3) is 0.333. The molecular weight excluding hydrogens is 422 g/mol. The molecular formula is C24H27N5O4. The summed E-state index contributed by atoms with van der Waals surface area (Å²) in [4.78, 5) is 20.6. The Hall–Kier alpha value is -3.88. The molecule has 4 rings (SSSR count). The predicted molar refractivity (Wildman–Crippen MR) is 125 cm³/mol. The van der Waals surface area contributed by atoms with Crippen molar-refractivity contribution in [1.82, 2.24) is 20.1 Å². The summed E-state index contributed by atoms with van der Waals surface area (Å²) in [6.07, 6.45) is -0.287. The third kappa shape index (κ3) is 4.97. The van der Waals surface area contributed by atoms with Gasteiger partial charge in [-0.25, -0.2) is 9.78 Å². The molecule has 0 unspecified atom stereocenters. The van der Waals surface area contributed by atoms with Crippen molar-refractivity contribution in [2.75, 3.05) is 51.9 Å². The number of hydrogen-bond donors (Lipinski definition) is 0. The molecule has 0 radical (unpaired) electrons. The van der Waals surface area contributed by atoms with Crippen LogP contribution < -0.4 is 14.4 Å². The number of rotatable bonds is 6. The molecule has 172 valence electrons. The molecule has 1 amide bonds. The van der Waals surface area contributed by atoms with Gasteiger partial charge < -0.3 is 24.0 Å². The van der Waals surface area contributed by atoms with Crippen LogP contribution in [0, 0.1) is 0 Å². The van der Waals surface area contributed by atoms with Crippen LogP contribution in [0.15, 0.2) is 48.5 Å². The summed E-state index contributed by atoms with van der Waals surface area (Å²) < 4.78 is 15.7. The number of amides is 1. The molecule has 1 fully saturated rings. The van der Waals surface area contributed by atoms with E-state index in [2.05, 4.69) is 10.2 Å². The number of benzene rings is 2. The van der Waals surface area contributed by atoms with Crippen LogP contribution in [0.25, 0.3) is 22.5 Å². The molecule has 2 heterocycles. The Labute approximate surface area is 192 Å². The second-order valence-electron chi connectivity index (χ2n) is 7.44. The van der Waals surface area contributed by atoms with Gasteiger partial charge in [-0.15, -0.1) is 10.2 Å². The summed E-state index contributed by atoms with van der Waals surface area (Å²) in [5.74, 6) is 2.06. The Morgan fingerprint density at radius 3 is 1.88 bits per heavy atom. The zero-order valence-electron chi connectivity index (χ0n) is 19.0. The van der Waals surface area contributed by atoms with E-state index in [0.717, 1.165) is 28.3 Å². The van der Waals surface area contributed by atoms with Crippen LogP contribution >= 0.6 is 0 Å². The third-order valence-corrected chi connectivity index (χ3v) is 5.49. The summed E-state index contributed by atoms with van der Waals surface area (Å²) in [7, 11) is 3.27. The summed E-state index contributed by atoms with van der Waals surface area (Å²) in [6.45, 7) is 4.46. The van der Waals surface area contributed by atoms with Crippen molar-refractivity contribution < 1.29 is 19.0 Å². The maximum absolute atomic E-state index is 12.0. The Kier molecular flexibility index (Phi) is 6.87. The van der Waals surface area contributed by atoms with Crippen molar-refractivity contribution in [2.45, 2.75) is 6.92 Å². The molecule has 9 heteroatoms. The molecule has 33 heavy (non-hydrogen) atoms. The first-order chi connectivity index (χ1) is 16.1. The monoisotopic (exact) mass is 449 g/mol. The van der Waals surface area contributed by atoms with Crippen LogP contribution in [0.2, 0.25) is 0 Å². The second-order valence-corrected chi connectivity index (χ2v) is 7.44. The summed E-state index contributed by atoms with van der Waals surface area (Å²) in [5.41, 5.74) is 3.19. The average molecular weight is 450 g/mol. The first-order valence-corrected chi connectivity index (χ1v) is 10.8. The van der Waals surface area contributed by atoms with E-state index in [9.17, 15) is 4.79 Å². The quantitative estimate of drug-likeness (QED) is 0.565. The van der Waals surface area contributed by atoms with Crippen LogP contribution in [0.4, 0.5) is 10.7 Å². The van der Waals surface area contributed by atoms with Gasteiger partial charge >= 0.3 is 6.09 Å². The van der Waals surface area contributed by atoms with E-state index in [-0.39, 0.29) is 6.09 Å². The largest absolute Gasteiger partial charge is 0.497 e. The smallest absolute Gasteiger partial charge is 0.409 e. The standard InChI is InChI=1S/C24H27N5O4/c1-4-33-24(30)29-15-13-28(14-16-29)23-25-21(17-5-9-19(31-2)10-6-17)22(26-27-23)18-7-11-20(32-3)12-8-18/h5-12H,4,13-16H2,1-3H3. The average Bonchev–Trinajstić information content (AvgIpc) is 2.89. The maximum atomic E-state index is 12.0. The van der Waals surface area contributed by atoms with Gasteiger partial charge in [0.05, 0.1) is 20.8 Å². The summed E-state index contributed by atoms with van der Waals surface area (Å²) >= 11 is 0. The Balaban J connectivity index is 1.65. The molecule has 2 aromatic carbocycles. The number of methoxy groups -OCH3 is 2. The normalized spacial score (nSPS) is 13.5. The van der Waals surface area contributed by atoms with Gasteiger partial charge in [0, 0.05) is 37.3 Å². The topological polar surface area (TPSA) is 89.9 Å². The van der Waals surface area contributed by atoms with Gasteiger partial charge in [0.2, 0.25) is 5.95 Å². The number of ether oxygens (including phenoxy) is 3. The number of nitrogens with zero attached hydrogens (tertiary/aromatic N) is 5. The van der Waals surface area contributed by atoms with Crippen molar-refractivity contribution in [2.24, 2.45) is 0 Å². The lowest BCUT2D eigenvalue weighted by Crippen LogP contribution is -2.49. The van der Waals surface area contributed by atoms with Crippen molar-refractivity contribution in [3.05, 3.63) is 48.5 Å². The van der Waals surface area contributed by atoms with Crippen molar-refractivity contribution >= 4 is 12.0 Å². The maximum Gasteiger partial charge on any atom is 0.409 e. The molecule has 1 aliphatic rings. The molecule has 0 N–H and O–H groups in total. The van der Waals surface area contributed by atoms with Gasteiger partial charge in [-0.1, -0.05) is 0 Å². The van der Waals surface area contributed by atoms with E-state index < -0.39 is 0 Å². The predicted octanol–water partition coefficient (Wildman–Crippen LogP) is 3.50. The highest BCUT2D eigenvalue weighted by Gasteiger charge is 2.25. The van der Waals surface area contributed by atoms with Crippen LogP contribution in [-0.4, -0.2) is 73.2 Å². The number of piperazine rings is 1. The zero-order valence-corrected chi connectivity index (χ0v) is 19.0. The van der Waals surface area contributed by atoms with Gasteiger partial charge in [0.1, 0.15) is 22.9 Å². The minimum Gasteiger partial charge on any atom is -0.497 e. The molecule has 9 nitrogen and oxygen atoms in total. The van der Waals surface area contributed by atoms with E-state index in [1.165, 1.54) is 0 Å². The summed E-state index contributed by atoms with van der Waals surface area (Å²) in [6, 6.07) is 15.4. The zero-order chi connectivity index (χ0) is 23.2. The first-order valence-electron chi connectivity index (χ1n) is 10.8. The van der Waals surface area contributed by atoms with Gasteiger partial charge in [-0.05, 0) is 55.5 Å². The number of hydrogen-bond acceptors (Lipinski definition) is 8. The number of aromatic nitrogens is 3. The van der Waals surface area contributed by atoms with E-state index in [1.54, 1.807) is 26.0 Å². The molecule has 3 aromatic rings. The molecule has 0 saturated carbocycles. The molecule has 0 bridgehead atoms. The van der Waals surface area contributed by atoms with Gasteiger partial charge in [-0.3, -0.25) is 0 Å². The van der Waals surface area contributed by atoms with E-state index in [1.807, 2.05) is 53.4 Å². The van der Waals surface area contributed by atoms with Crippen LogP contribution in [0.1, 0.15) is 6.92 Å². The fourth-order valence-electron chi connectivity index (χ4n) is 3.65. The Morgan fingerprint density at radius 1 is 0.818 bits per heavy atom. The highest BCUT2D eigenvalue weighted by Crippen LogP contribution is 2.31. The first kappa shape index (κ1) is 22.3. The van der Waals surface area contributed by atoms with Gasteiger partial charge in [0.15, 0.2) is 0 Å². The van der Waals surface area contributed by atoms with E-state index in [0.29, 0.717) is 44.4 Å². The van der Waals surface area contributed by atoms with Crippen molar-refractivity contribution in [1.29, 1.82) is 0 Å². The molecule has 1 saturated heterocycles. The van der Waals surface area contributed by atoms with Crippen molar-refractivity contribution in [3.8, 4) is 34.0 Å².